The van der Waals surface area contributed by atoms with Crippen LogP contribution in [0, 0.1) is 0 Å². The molecule has 0 amide bonds. The summed E-state index contributed by atoms with van der Waals surface area (Å²) in [4.78, 5) is 1.52. The third-order valence-corrected chi connectivity index (χ3v) is 2.51. The number of hydrogen-bond acceptors (Lipinski definition) is 2. The topological polar surface area (TPSA) is 61.8 Å². The molecule has 0 aliphatic heterocycles. The molecule has 3 N–H and O–H groups in total. The molecule has 0 atom stereocenters. The number of para-hydroxylation sites is 1. The molecule has 0 unspecified atom stereocenters. The van der Waals surface area contributed by atoms with E-state index < -0.39 is 0 Å². The SMILES string of the molecule is CCN(/C(N)=N/O)c1c(Cl)cccc1Cl. The standard InChI is InChI=1S/C9H11Cl2N3O/c1-2-14(9(12)13-15)8-6(10)4-3-5-7(8)11/h3-5,15H,2H2,1H3,(H2,12,13). The maximum absolute atomic E-state index is 8.61. The van der Waals surface area contributed by atoms with E-state index >= 15 is 0 Å². The molecular formula is C9H11Cl2N3O. The lowest BCUT2D eigenvalue weighted by molar-refractivity contribution is 0.317. The summed E-state index contributed by atoms with van der Waals surface area (Å²) in [5.41, 5.74) is 6.05. The second-order valence-corrected chi connectivity index (χ2v) is 3.59. The molecule has 82 valence electrons. The smallest absolute Gasteiger partial charge is 0.237 e. The number of rotatable bonds is 2. The molecule has 0 aliphatic carbocycles. The first-order valence-electron chi connectivity index (χ1n) is 4.30. The predicted molar refractivity (Wildman–Crippen MR) is 62.9 cm³/mol. The molecule has 0 spiro atoms. The fourth-order valence-corrected chi connectivity index (χ4v) is 1.84. The van der Waals surface area contributed by atoms with Gasteiger partial charge in [-0.2, -0.15) is 0 Å². The van der Waals surface area contributed by atoms with E-state index in [-0.39, 0.29) is 5.96 Å². The summed E-state index contributed by atoms with van der Waals surface area (Å²) in [6, 6.07) is 5.11. The van der Waals surface area contributed by atoms with Gasteiger partial charge in [-0.15, -0.1) is 0 Å². The van der Waals surface area contributed by atoms with Crippen LogP contribution in [0.5, 0.6) is 0 Å². The van der Waals surface area contributed by atoms with Crippen LogP contribution in [-0.2, 0) is 0 Å². The Kier molecular flexibility index (Phi) is 4.05. The van der Waals surface area contributed by atoms with E-state index in [9.17, 15) is 0 Å². The molecule has 15 heavy (non-hydrogen) atoms. The number of hydrogen-bond donors (Lipinski definition) is 2. The number of benzene rings is 1. The second-order valence-electron chi connectivity index (χ2n) is 2.77. The maximum Gasteiger partial charge on any atom is 0.237 e. The molecule has 0 aliphatic rings. The van der Waals surface area contributed by atoms with Gasteiger partial charge in [-0.1, -0.05) is 34.4 Å². The average molecular weight is 248 g/mol. The van der Waals surface area contributed by atoms with Crippen molar-refractivity contribution in [3.8, 4) is 0 Å². The quantitative estimate of drug-likeness (QED) is 0.366. The predicted octanol–water partition coefficient (Wildman–Crippen LogP) is 2.52. The minimum Gasteiger partial charge on any atom is -0.408 e. The Bertz CT molecular complexity index is 361. The van der Waals surface area contributed by atoms with E-state index in [0.717, 1.165) is 0 Å². The van der Waals surface area contributed by atoms with Crippen molar-refractivity contribution < 1.29 is 5.21 Å². The highest BCUT2D eigenvalue weighted by Gasteiger charge is 2.15. The van der Waals surface area contributed by atoms with Crippen molar-refractivity contribution in [1.82, 2.24) is 0 Å². The van der Waals surface area contributed by atoms with Gasteiger partial charge in [-0.3, -0.25) is 0 Å². The van der Waals surface area contributed by atoms with Crippen molar-refractivity contribution in [2.45, 2.75) is 6.92 Å². The molecule has 0 bridgehead atoms. The second kappa shape index (κ2) is 5.09. The van der Waals surface area contributed by atoms with Crippen LogP contribution in [0.3, 0.4) is 0 Å². The van der Waals surface area contributed by atoms with Crippen LogP contribution >= 0.6 is 23.2 Å². The monoisotopic (exact) mass is 247 g/mol. The van der Waals surface area contributed by atoms with Gasteiger partial charge < -0.3 is 15.8 Å². The van der Waals surface area contributed by atoms with Gasteiger partial charge in [0, 0.05) is 6.54 Å². The lowest BCUT2D eigenvalue weighted by atomic mass is 10.3. The van der Waals surface area contributed by atoms with Gasteiger partial charge in [0.1, 0.15) is 0 Å². The molecule has 0 saturated carbocycles. The Morgan fingerprint density at radius 1 is 1.47 bits per heavy atom. The molecule has 6 heteroatoms. The molecular weight excluding hydrogens is 237 g/mol. The van der Waals surface area contributed by atoms with Crippen LogP contribution in [0.25, 0.3) is 0 Å². The van der Waals surface area contributed by atoms with E-state index in [1.54, 1.807) is 18.2 Å². The number of nitrogens with two attached hydrogens (primary N) is 1. The van der Waals surface area contributed by atoms with Crippen molar-refractivity contribution in [2.75, 3.05) is 11.4 Å². The van der Waals surface area contributed by atoms with Crippen molar-refractivity contribution in [3.05, 3.63) is 28.2 Å². The molecule has 0 radical (unpaired) electrons. The largest absolute Gasteiger partial charge is 0.408 e. The molecule has 0 saturated heterocycles. The Morgan fingerprint density at radius 3 is 2.40 bits per heavy atom. The van der Waals surface area contributed by atoms with E-state index in [0.29, 0.717) is 22.3 Å². The van der Waals surface area contributed by atoms with Gasteiger partial charge in [0.15, 0.2) is 0 Å². The van der Waals surface area contributed by atoms with Crippen molar-refractivity contribution in [3.63, 3.8) is 0 Å². The highest BCUT2D eigenvalue weighted by Crippen LogP contribution is 2.33. The highest BCUT2D eigenvalue weighted by molar-refractivity contribution is 6.39. The molecule has 4 nitrogen and oxygen atoms in total. The van der Waals surface area contributed by atoms with E-state index in [1.165, 1.54) is 4.90 Å². The van der Waals surface area contributed by atoms with E-state index in [2.05, 4.69) is 5.16 Å². The summed E-state index contributed by atoms with van der Waals surface area (Å²) < 4.78 is 0. The Hall–Kier alpha value is -1.13. The number of nitrogens with zero attached hydrogens (tertiary/aromatic N) is 2. The number of oxime groups is 1. The lowest BCUT2D eigenvalue weighted by Crippen LogP contribution is -2.37. The summed E-state index contributed by atoms with van der Waals surface area (Å²) in [7, 11) is 0. The van der Waals surface area contributed by atoms with Gasteiger partial charge in [0.25, 0.3) is 0 Å². The van der Waals surface area contributed by atoms with Crippen LogP contribution in [0.2, 0.25) is 10.0 Å². The van der Waals surface area contributed by atoms with Gasteiger partial charge in [-0.05, 0) is 19.1 Å². The first-order valence-corrected chi connectivity index (χ1v) is 5.06. The third kappa shape index (κ3) is 2.46. The van der Waals surface area contributed by atoms with Gasteiger partial charge in [-0.25, -0.2) is 0 Å². The molecule has 0 aromatic heterocycles. The van der Waals surface area contributed by atoms with Crippen LogP contribution in [0.1, 0.15) is 6.92 Å². The third-order valence-electron chi connectivity index (χ3n) is 1.90. The van der Waals surface area contributed by atoms with Crippen molar-refractivity contribution in [2.24, 2.45) is 10.9 Å². The Labute approximate surface area is 97.9 Å². The summed E-state index contributed by atoms with van der Waals surface area (Å²) in [5.74, 6) is -0.0486. The summed E-state index contributed by atoms with van der Waals surface area (Å²) >= 11 is 12.0. The fraction of sp³-hybridized carbons (Fsp3) is 0.222. The number of halogens is 2. The average Bonchev–Trinajstić information content (AvgIpc) is 2.22. The molecule has 0 heterocycles. The maximum atomic E-state index is 8.61. The zero-order chi connectivity index (χ0) is 11.4. The van der Waals surface area contributed by atoms with Crippen LogP contribution in [0.4, 0.5) is 5.69 Å². The Balaban J connectivity index is 3.23. The molecule has 0 fully saturated rings. The molecule has 1 aromatic rings. The first kappa shape index (κ1) is 11.9. The van der Waals surface area contributed by atoms with E-state index in [4.69, 9.17) is 34.1 Å². The van der Waals surface area contributed by atoms with Crippen LogP contribution in [0.15, 0.2) is 23.4 Å². The van der Waals surface area contributed by atoms with Gasteiger partial charge >= 0.3 is 0 Å². The lowest BCUT2D eigenvalue weighted by Gasteiger charge is -2.22. The molecule has 1 aromatic carbocycles. The highest BCUT2D eigenvalue weighted by atomic mass is 35.5. The summed E-state index contributed by atoms with van der Waals surface area (Å²) in [6.07, 6.45) is 0. The van der Waals surface area contributed by atoms with Crippen molar-refractivity contribution in [1.29, 1.82) is 0 Å². The van der Waals surface area contributed by atoms with Gasteiger partial charge in [0.2, 0.25) is 5.96 Å². The van der Waals surface area contributed by atoms with Gasteiger partial charge in [0.05, 0.1) is 15.7 Å². The minimum absolute atomic E-state index is 0.0486. The summed E-state index contributed by atoms with van der Waals surface area (Å²) in [5, 5.41) is 12.4. The van der Waals surface area contributed by atoms with E-state index in [1.807, 2.05) is 6.92 Å². The molecule has 1 rings (SSSR count). The zero-order valence-corrected chi connectivity index (χ0v) is 9.63. The number of guanidine groups is 1. The minimum atomic E-state index is -0.0486. The first-order chi connectivity index (χ1) is 7.11. The normalized spacial score (nSPS) is 11.5. The summed E-state index contributed by atoms with van der Waals surface area (Å²) in [6.45, 7) is 2.34. The zero-order valence-electron chi connectivity index (χ0n) is 8.11. The Morgan fingerprint density at radius 2 is 2.00 bits per heavy atom. The van der Waals surface area contributed by atoms with Crippen LogP contribution < -0.4 is 10.6 Å². The van der Waals surface area contributed by atoms with Crippen LogP contribution in [-0.4, -0.2) is 17.7 Å². The number of anilines is 1. The van der Waals surface area contributed by atoms with Crippen molar-refractivity contribution >= 4 is 34.8 Å². The fourth-order valence-electron chi connectivity index (χ4n) is 1.24.